The molecule has 0 saturated carbocycles. The van der Waals surface area contributed by atoms with Crippen molar-refractivity contribution in [1.82, 2.24) is 9.55 Å². The SMILES string of the molecule is C=CCn1c(SCC(=O)Nc2ccc(C)cc2)nc2sc3c(c2c1=O)CC(C(C)C)OC3. The molecule has 1 aliphatic rings. The van der Waals surface area contributed by atoms with E-state index in [1.807, 2.05) is 31.2 Å². The molecule has 0 radical (unpaired) electrons. The van der Waals surface area contributed by atoms with Crippen molar-refractivity contribution in [3.05, 3.63) is 63.3 Å². The van der Waals surface area contributed by atoms with Gasteiger partial charge in [0.05, 0.1) is 23.8 Å². The van der Waals surface area contributed by atoms with Crippen molar-refractivity contribution >= 4 is 44.9 Å². The number of nitrogens with zero attached hydrogens (tertiary/aromatic N) is 2. The molecule has 0 fully saturated rings. The van der Waals surface area contributed by atoms with Gasteiger partial charge in [0.25, 0.3) is 5.56 Å². The highest BCUT2D eigenvalue weighted by molar-refractivity contribution is 7.99. The molecule has 1 unspecified atom stereocenters. The van der Waals surface area contributed by atoms with E-state index in [0.29, 0.717) is 29.6 Å². The van der Waals surface area contributed by atoms with Gasteiger partial charge in [-0.15, -0.1) is 17.9 Å². The number of fused-ring (bicyclic) bond motifs is 3. The number of ether oxygens (including phenoxy) is 1. The van der Waals surface area contributed by atoms with Crippen LogP contribution in [0.3, 0.4) is 0 Å². The van der Waals surface area contributed by atoms with Crippen LogP contribution in [0.2, 0.25) is 0 Å². The van der Waals surface area contributed by atoms with Crippen molar-refractivity contribution in [2.75, 3.05) is 11.1 Å². The average Bonchev–Trinajstić information content (AvgIpc) is 3.13. The van der Waals surface area contributed by atoms with Crippen LogP contribution >= 0.6 is 23.1 Å². The van der Waals surface area contributed by atoms with Gasteiger partial charge in [0.15, 0.2) is 5.16 Å². The van der Waals surface area contributed by atoms with Gasteiger partial charge in [-0.3, -0.25) is 14.2 Å². The second-order valence-electron chi connectivity index (χ2n) is 8.28. The lowest BCUT2D eigenvalue weighted by atomic mass is 9.96. The first-order valence-electron chi connectivity index (χ1n) is 10.6. The summed E-state index contributed by atoms with van der Waals surface area (Å²) in [6.45, 7) is 10.9. The quantitative estimate of drug-likeness (QED) is 0.306. The summed E-state index contributed by atoms with van der Waals surface area (Å²) in [4.78, 5) is 32.5. The van der Waals surface area contributed by atoms with E-state index in [1.165, 1.54) is 23.1 Å². The van der Waals surface area contributed by atoms with Crippen LogP contribution in [-0.2, 0) is 29.1 Å². The molecule has 32 heavy (non-hydrogen) atoms. The number of rotatable bonds is 7. The van der Waals surface area contributed by atoms with Crippen molar-refractivity contribution in [3.63, 3.8) is 0 Å². The Balaban J connectivity index is 1.61. The van der Waals surface area contributed by atoms with Crippen molar-refractivity contribution in [1.29, 1.82) is 0 Å². The number of anilines is 1. The van der Waals surface area contributed by atoms with Crippen LogP contribution in [0.5, 0.6) is 0 Å². The second kappa shape index (κ2) is 9.60. The fraction of sp³-hybridized carbons (Fsp3) is 0.375. The maximum atomic E-state index is 13.4. The van der Waals surface area contributed by atoms with Gasteiger partial charge in [-0.2, -0.15) is 0 Å². The molecule has 0 saturated heterocycles. The van der Waals surface area contributed by atoms with E-state index in [1.54, 1.807) is 10.6 Å². The molecule has 1 amide bonds. The maximum absolute atomic E-state index is 13.4. The molecule has 6 nitrogen and oxygen atoms in total. The normalized spacial score (nSPS) is 15.7. The Labute approximate surface area is 195 Å². The van der Waals surface area contributed by atoms with Crippen LogP contribution in [-0.4, -0.2) is 27.3 Å². The summed E-state index contributed by atoms with van der Waals surface area (Å²) in [6, 6.07) is 7.65. The molecule has 8 heteroatoms. The number of allylic oxidation sites excluding steroid dienone is 1. The van der Waals surface area contributed by atoms with Gasteiger partial charge in [0.2, 0.25) is 5.91 Å². The third-order valence-corrected chi connectivity index (χ3v) is 7.59. The van der Waals surface area contributed by atoms with Gasteiger partial charge in [0, 0.05) is 23.5 Å². The van der Waals surface area contributed by atoms with E-state index in [9.17, 15) is 9.59 Å². The third kappa shape index (κ3) is 4.67. The van der Waals surface area contributed by atoms with Crippen LogP contribution in [0.25, 0.3) is 10.2 Å². The number of aryl methyl sites for hydroxylation is 1. The number of carbonyl (C=O) groups excluding carboxylic acids is 1. The highest BCUT2D eigenvalue weighted by atomic mass is 32.2. The maximum Gasteiger partial charge on any atom is 0.263 e. The van der Waals surface area contributed by atoms with Crippen molar-refractivity contribution < 1.29 is 9.53 Å². The lowest BCUT2D eigenvalue weighted by Gasteiger charge is -2.26. The molecule has 1 N–H and O–H groups in total. The first-order valence-corrected chi connectivity index (χ1v) is 12.4. The van der Waals surface area contributed by atoms with Crippen LogP contribution < -0.4 is 10.9 Å². The minimum atomic E-state index is -0.142. The number of hydrogen-bond acceptors (Lipinski definition) is 6. The number of thioether (sulfide) groups is 1. The topological polar surface area (TPSA) is 73.2 Å². The van der Waals surface area contributed by atoms with Crippen LogP contribution in [0.4, 0.5) is 5.69 Å². The Morgan fingerprint density at radius 2 is 2.16 bits per heavy atom. The largest absolute Gasteiger partial charge is 0.372 e. The zero-order valence-corrected chi connectivity index (χ0v) is 20.1. The van der Waals surface area contributed by atoms with E-state index >= 15 is 0 Å². The Kier molecular flexibility index (Phi) is 6.83. The number of aromatic nitrogens is 2. The molecule has 168 valence electrons. The average molecular weight is 470 g/mol. The van der Waals surface area contributed by atoms with Gasteiger partial charge in [-0.1, -0.05) is 49.4 Å². The van der Waals surface area contributed by atoms with Crippen molar-refractivity contribution in [2.45, 2.75) is 51.6 Å². The number of hydrogen-bond donors (Lipinski definition) is 1. The predicted octanol–water partition coefficient (Wildman–Crippen LogP) is 4.78. The fourth-order valence-corrected chi connectivity index (χ4v) is 5.71. The Morgan fingerprint density at radius 3 is 2.84 bits per heavy atom. The Morgan fingerprint density at radius 1 is 1.41 bits per heavy atom. The molecule has 1 atom stereocenters. The van der Waals surface area contributed by atoms with E-state index in [2.05, 4.69) is 25.7 Å². The molecular formula is C24H27N3O3S2. The standard InChI is InChI=1S/C24H27N3O3S2/c1-5-10-27-23(29)21-17-11-18(14(2)3)30-12-19(17)32-22(21)26-24(27)31-13-20(28)25-16-8-6-15(4)7-9-16/h5-9,14,18H,1,10-13H2,2-4H3,(H,25,28). The summed E-state index contributed by atoms with van der Waals surface area (Å²) in [5.41, 5.74) is 2.88. The summed E-state index contributed by atoms with van der Waals surface area (Å²) in [5.74, 6) is 0.396. The van der Waals surface area contributed by atoms with Gasteiger partial charge in [-0.25, -0.2) is 4.98 Å². The van der Waals surface area contributed by atoms with E-state index in [4.69, 9.17) is 9.72 Å². The lowest BCUT2D eigenvalue weighted by Crippen LogP contribution is -2.28. The zero-order chi connectivity index (χ0) is 22.8. The highest BCUT2D eigenvalue weighted by Crippen LogP contribution is 2.35. The summed E-state index contributed by atoms with van der Waals surface area (Å²) < 4.78 is 7.60. The molecule has 4 rings (SSSR count). The number of carbonyl (C=O) groups is 1. The van der Waals surface area contributed by atoms with Gasteiger partial charge >= 0.3 is 0 Å². The van der Waals surface area contributed by atoms with Gasteiger partial charge in [0.1, 0.15) is 4.83 Å². The monoisotopic (exact) mass is 469 g/mol. The molecule has 3 heterocycles. The van der Waals surface area contributed by atoms with Crippen LogP contribution in [0.1, 0.15) is 29.9 Å². The molecular weight excluding hydrogens is 442 g/mol. The van der Waals surface area contributed by atoms with Gasteiger partial charge < -0.3 is 10.1 Å². The number of benzene rings is 1. The molecule has 0 spiro atoms. The third-order valence-electron chi connectivity index (χ3n) is 5.52. The molecule has 1 aliphatic heterocycles. The minimum absolute atomic E-state index is 0.0711. The predicted molar refractivity (Wildman–Crippen MR) is 132 cm³/mol. The summed E-state index contributed by atoms with van der Waals surface area (Å²) in [7, 11) is 0. The molecule has 2 aromatic heterocycles. The van der Waals surface area contributed by atoms with Crippen LogP contribution in [0.15, 0.2) is 46.9 Å². The lowest BCUT2D eigenvalue weighted by molar-refractivity contribution is -0.113. The molecule has 3 aromatic rings. The van der Waals surface area contributed by atoms with Crippen molar-refractivity contribution in [2.24, 2.45) is 5.92 Å². The molecule has 0 bridgehead atoms. The molecule has 0 aliphatic carbocycles. The molecule has 1 aromatic carbocycles. The van der Waals surface area contributed by atoms with Crippen LogP contribution in [0, 0.1) is 12.8 Å². The van der Waals surface area contributed by atoms with Gasteiger partial charge in [-0.05, 0) is 30.5 Å². The summed E-state index contributed by atoms with van der Waals surface area (Å²) in [5, 5.41) is 4.11. The van der Waals surface area contributed by atoms with E-state index in [-0.39, 0.29) is 23.3 Å². The Hall–Kier alpha value is -2.42. The number of nitrogens with one attached hydrogen (secondary N) is 1. The smallest absolute Gasteiger partial charge is 0.263 e. The highest BCUT2D eigenvalue weighted by Gasteiger charge is 2.28. The number of thiophene rings is 1. The van der Waals surface area contributed by atoms with Crippen molar-refractivity contribution in [3.8, 4) is 0 Å². The van der Waals surface area contributed by atoms with E-state index in [0.717, 1.165) is 32.9 Å². The Bertz CT molecular complexity index is 1210. The zero-order valence-electron chi connectivity index (χ0n) is 18.5. The fourth-order valence-electron chi connectivity index (χ4n) is 3.73. The van der Waals surface area contributed by atoms with E-state index < -0.39 is 0 Å². The first kappa shape index (κ1) is 22.8. The number of amides is 1. The summed E-state index contributed by atoms with van der Waals surface area (Å²) >= 11 is 2.78. The second-order valence-corrected chi connectivity index (χ2v) is 10.3. The summed E-state index contributed by atoms with van der Waals surface area (Å²) in [6.07, 6.45) is 2.51. The minimum Gasteiger partial charge on any atom is -0.372 e. The first-order chi connectivity index (χ1) is 15.4.